The Morgan fingerprint density at radius 3 is 2.48 bits per heavy atom. The zero-order chi connectivity index (χ0) is 15.8. The number of hydrogen-bond donors (Lipinski definition) is 2. The summed E-state index contributed by atoms with van der Waals surface area (Å²) >= 11 is 0.974. The zero-order valence-corrected chi connectivity index (χ0v) is 13.6. The summed E-state index contributed by atoms with van der Waals surface area (Å²) in [6.07, 6.45) is 0. The maximum atomic E-state index is 12.5. The van der Waals surface area contributed by atoms with Crippen LogP contribution in [-0.4, -0.2) is 26.0 Å². The third kappa shape index (κ3) is 3.42. The van der Waals surface area contributed by atoms with Crippen molar-refractivity contribution < 1.29 is 18.3 Å². The first kappa shape index (κ1) is 15.9. The van der Waals surface area contributed by atoms with E-state index in [4.69, 9.17) is 0 Å². The van der Waals surface area contributed by atoms with E-state index >= 15 is 0 Å². The molecule has 1 aromatic heterocycles. The van der Waals surface area contributed by atoms with Gasteiger partial charge in [0.1, 0.15) is 9.77 Å². The van der Waals surface area contributed by atoms with Crippen LogP contribution in [0.15, 0.2) is 29.2 Å². The van der Waals surface area contributed by atoms with Crippen LogP contribution in [-0.2, 0) is 10.0 Å². The van der Waals surface area contributed by atoms with Crippen molar-refractivity contribution in [3.05, 3.63) is 29.1 Å². The molecule has 2 aromatic rings. The smallest absolute Gasteiger partial charge is 0.347 e. The van der Waals surface area contributed by atoms with Crippen molar-refractivity contribution >= 4 is 37.4 Å². The quantitative estimate of drug-likeness (QED) is 0.904. The molecule has 0 saturated heterocycles. The van der Waals surface area contributed by atoms with Gasteiger partial charge in [-0.2, -0.15) is 0 Å². The zero-order valence-electron chi connectivity index (χ0n) is 12.0. The Balaban J connectivity index is 2.58. The Bertz CT molecular complexity index is 785. The maximum Gasteiger partial charge on any atom is 0.347 e. The Morgan fingerprint density at radius 1 is 1.29 bits per heavy atom. The predicted molar refractivity (Wildman–Crippen MR) is 83.4 cm³/mol. The van der Waals surface area contributed by atoms with Gasteiger partial charge in [0.15, 0.2) is 0 Å². The number of carbonyl (C=O) groups is 1. The molecule has 0 atom stereocenters. The summed E-state index contributed by atoms with van der Waals surface area (Å²) in [5.41, 5.74) is -0.234. The maximum absolute atomic E-state index is 12.5. The van der Waals surface area contributed by atoms with Crippen LogP contribution in [0.5, 0.6) is 0 Å². The highest BCUT2D eigenvalue weighted by Crippen LogP contribution is 2.34. The third-order valence-corrected chi connectivity index (χ3v) is 5.58. The van der Waals surface area contributed by atoms with Gasteiger partial charge in [-0.05, 0) is 11.5 Å². The largest absolute Gasteiger partial charge is 0.477 e. The van der Waals surface area contributed by atoms with Gasteiger partial charge in [0.25, 0.3) is 0 Å². The van der Waals surface area contributed by atoms with Crippen molar-refractivity contribution in [1.29, 1.82) is 0 Å². The average molecular weight is 327 g/mol. The van der Waals surface area contributed by atoms with E-state index < -0.39 is 16.0 Å². The van der Waals surface area contributed by atoms with Crippen LogP contribution in [0.1, 0.15) is 30.4 Å². The summed E-state index contributed by atoms with van der Waals surface area (Å²) in [4.78, 5) is 11.1. The summed E-state index contributed by atoms with van der Waals surface area (Å²) in [6.45, 7) is 5.94. The molecule has 2 rings (SSSR count). The van der Waals surface area contributed by atoms with Crippen LogP contribution < -0.4 is 4.72 Å². The molecule has 114 valence electrons. The van der Waals surface area contributed by atoms with Crippen LogP contribution in [0.25, 0.3) is 10.1 Å². The van der Waals surface area contributed by atoms with Crippen molar-refractivity contribution in [3.63, 3.8) is 0 Å². The molecule has 7 heteroatoms. The third-order valence-electron chi connectivity index (χ3n) is 2.81. The van der Waals surface area contributed by atoms with E-state index in [0.717, 1.165) is 11.3 Å². The standard InChI is InChI=1S/C14H17NO4S2/c1-14(2,3)8-15-21(18,19)12-9-6-4-5-7-10(9)20-11(12)13(16)17/h4-7,15H,8H2,1-3H3,(H,16,17). The van der Waals surface area contributed by atoms with E-state index in [1.165, 1.54) is 0 Å². The summed E-state index contributed by atoms with van der Waals surface area (Å²) in [5.74, 6) is -1.23. The molecule has 0 saturated carbocycles. The topological polar surface area (TPSA) is 83.5 Å². The summed E-state index contributed by atoms with van der Waals surface area (Å²) in [5, 5.41) is 9.72. The van der Waals surface area contributed by atoms with Crippen LogP contribution in [0.3, 0.4) is 0 Å². The van der Waals surface area contributed by atoms with Gasteiger partial charge < -0.3 is 5.11 Å². The van der Waals surface area contributed by atoms with Gasteiger partial charge in [0.05, 0.1) is 0 Å². The number of hydrogen-bond acceptors (Lipinski definition) is 4. The van der Waals surface area contributed by atoms with Crippen LogP contribution in [0.2, 0.25) is 0 Å². The summed E-state index contributed by atoms with van der Waals surface area (Å²) in [7, 11) is -3.87. The first-order valence-corrected chi connectivity index (χ1v) is 8.66. The van der Waals surface area contributed by atoms with Gasteiger partial charge in [-0.3, -0.25) is 0 Å². The lowest BCUT2D eigenvalue weighted by Gasteiger charge is -2.18. The minimum absolute atomic E-state index is 0.139. The molecule has 0 spiro atoms. The first-order valence-electron chi connectivity index (χ1n) is 6.36. The van der Waals surface area contributed by atoms with Crippen LogP contribution in [0.4, 0.5) is 0 Å². The van der Waals surface area contributed by atoms with Crippen molar-refractivity contribution in [2.24, 2.45) is 5.41 Å². The lowest BCUT2D eigenvalue weighted by molar-refractivity contribution is 0.0698. The molecule has 0 aliphatic heterocycles. The molecule has 2 N–H and O–H groups in total. The lowest BCUT2D eigenvalue weighted by atomic mass is 9.98. The number of carboxylic acids is 1. The molecule has 1 aromatic carbocycles. The molecule has 1 heterocycles. The minimum Gasteiger partial charge on any atom is -0.477 e. The highest BCUT2D eigenvalue weighted by molar-refractivity contribution is 7.90. The second-order valence-electron chi connectivity index (χ2n) is 5.95. The minimum atomic E-state index is -3.87. The van der Waals surface area contributed by atoms with Crippen molar-refractivity contribution in [1.82, 2.24) is 4.72 Å². The van der Waals surface area contributed by atoms with Gasteiger partial charge in [-0.25, -0.2) is 17.9 Å². The monoisotopic (exact) mass is 327 g/mol. The first-order chi connectivity index (χ1) is 9.62. The van der Waals surface area contributed by atoms with Crippen LogP contribution in [0, 0.1) is 5.41 Å². The van der Waals surface area contributed by atoms with Gasteiger partial charge in [-0.1, -0.05) is 39.0 Å². The van der Waals surface area contributed by atoms with E-state index in [1.807, 2.05) is 20.8 Å². The molecule has 0 aliphatic rings. The Hall–Kier alpha value is -1.44. The second-order valence-corrected chi connectivity index (χ2v) is 8.70. The average Bonchev–Trinajstić information content (AvgIpc) is 2.76. The van der Waals surface area contributed by atoms with Crippen LogP contribution >= 0.6 is 11.3 Å². The number of rotatable bonds is 4. The van der Waals surface area contributed by atoms with Gasteiger partial charge in [0, 0.05) is 16.6 Å². The Morgan fingerprint density at radius 2 is 1.90 bits per heavy atom. The number of nitrogens with one attached hydrogen (secondary N) is 1. The predicted octanol–water partition coefficient (Wildman–Crippen LogP) is 2.92. The van der Waals surface area contributed by atoms with Crippen molar-refractivity contribution in [2.75, 3.05) is 6.54 Å². The van der Waals surface area contributed by atoms with E-state index in [9.17, 15) is 18.3 Å². The number of benzene rings is 1. The molecule has 0 unspecified atom stereocenters. The van der Waals surface area contributed by atoms with E-state index in [-0.39, 0.29) is 21.7 Å². The van der Waals surface area contributed by atoms with Crippen molar-refractivity contribution in [3.8, 4) is 0 Å². The molecule has 0 bridgehead atoms. The number of sulfonamides is 1. The van der Waals surface area contributed by atoms with Gasteiger partial charge >= 0.3 is 5.97 Å². The lowest BCUT2D eigenvalue weighted by Crippen LogP contribution is -2.32. The highest BCUT2D eigenvalue weighted by atomic mass is 32.2. The fraction of sp³-hybridized carbons (Fsp3) is 0.357. The fourth-order valence-corrected chi connectivity index (χ4v) is 4.83. The summed E-state index contributed by atoms with van der Waals surface area (Å²) in [6, 6.07) is 6.80. The Labute approximate surface area is 127 Å². The molecule has 5 nitrogen and oxygen atoms in total. The molecule has 0 fully saturated rings. The summed E-state index contributed by atoms with van der Waals surface area (Å²) < 4.78 is 28.2. The number of thiophene rings is 1. The highest BCUT2D eigenvalue weighted by Gasteiger charge is 2.28. The Kier molecular flexibility index (Phi) is 4.10. The molecular weight excluding hydrogens is 310 g/mol. The van der Waals surface area contributed by atoms with E-state index in [0.29, 0.717) is 10.1 Å². The van der Waals surface area contributed by atoms with Crippen molar-refractivity contribution in [2.45, 2.75) is 25.7 Å². The SMILES string of the molecule is CC(C)(C)CNS(=O)(=O)c1c(C(=O)O)sc2ccccc12. The molecule has 0 aliphatic carbocycles. The molecule has 21 heavy (non-hydrogen) atoms. The number of fused-ring (bicyclic) bond motifs is 1. The van der Waals surface area contributed by atoms with E-state index in [2.05, 4.69) is 4.72 Å². The number of carboxylic acid groups (broad SMARTS) is 1. The fourth-order valence-electron chi connectivity index (χ4n) is 1.81. The molecular formula is C14H17NO4S2. The number of aromatic carboxylic acids is 1. The van der Waals surface area contributed by atoms with Gasteiger partial charge in [-0.15, -0.1) is 11.3 Å². The second kappa shape index (κ2) is 5.40. The normalized spacial score (nSPS) is 12.7. The van der Waals surface area contributed by atoms with E-state index in [1.54, 1.807) is 24.3 Å². The molecule has 0 radical (unpaired) electrons. The molecule has 0 amide bonds. The van der Waals surface area contributed by atoms with Gasteiger partial charge in [0.2, 0.25) is 10.0 Å².